The van der Waals surface area contributed by atoms with Crippen molar-refractivity contribution in [3.8, 4) is 0 Å². The highest BCUT2D eigenvalue weighted by molar-refractivity contribution is 4.89. The minimum Gasteiger partial charge on any atom is -0.316 e. The van der Waals surface area contributed by atoms with Crippen molar-refractivity contribution < 1.29 is 0 Å². The van der Waals surface area contributed by atoms with Gasteiger partial charge in [-0.3, -0.25) is 0 Å². The lowest BCUT2D eigenvalue weighted by Gasteiger charge is -2.44. The first-order valence-electron chi connectivity index (χ1n) is 6.35. The summed E-state index contributed by atoms with van der Waals surface area (Å²) >= 11 is 0. The van der Waals surface area contributed by atoms with Crippen LogP contribution in [-0.4, -0.2) is 13.1 Å². The highest BCUT2D eigenvalue weighted by Gasteiger charge is 2.36. The van der Waals surface area contributed by atoms with E-state index >= 15 is 0 Å². The van der Waals surface area contributed by atoms with E-state index in [1.807, 2.05) is 0 Å². The minimum atomic E-state index is 0.640. The zero-order chi connectivity index (χ0) is 10.6. The third kappa shape index (κ3) is 2.50. The third-order valence-electron chi connectivity index (χ3n) is 4.45. The molecule has 1 aliphatic heterocycles. The Balaban J connectivity index is 2.62. The Morgan fingerprint density at radius 2 is 2.14 bits per heavy atom. The minimum absolute atomic E-state index is 0.640. The lowest BCUT2D eigenvalue weighted by Crippen LogP contribution is -2.44. The van der Waals surface area contributed by atoms with E-state index in [0.29, 0.717) is 5.41 Å². The Morgan fingerprint density at radius 3 is 2.64 bits per heavy atom. The lowest BCUT2D eigenvalue weighted by molar-refractivity contribution is 0.0818. The van der Waals surface area contributed by atoms with E-state index in [0.717, 1.165) is 11.8 Å². The number of hydrogen-bond donors (Lipinski definition) is 1. The van der Waals surface area contributed by atoms with Gasteiger partial charge in [-0.2, -0.15) is 0 Å². The molecule has 3 unspecified atom stereocenters. The molecule has 1 heterocycles. The van der Waals surface area contributed by atoms with Crippen molar-refractivity contribution in [2.45, 2.75) is 53.4 Å². The molecule has 1 rings (SSSR count). The van der Waals surface area contributed by atoms with Crippen LogP contribution in [0.5, 0.6) is 0 Å². The predicted molar refractivity (Wildman–Crippen MR) is 63.4 cm³/mol. The van der Waals surface area contributed by atoms with Gasteiger partial charge in [-0.1, -0.05) is 40.5 Å². The summed E-state index contributed by atoms with van der Waals surface area (Å²) in [5.41, 5.74) is 0.640. The first-order chi connectivity index (χ1) is 6.64. The molecule has 1 nitrogen and oxygen atoms in total. The summed E-state index contributed by atoms with van der Waals surface area (Å²) in [5.74, 6) is 1.76. The van der Waals surface area contributed by atoms with E-state index in [1.165, 1.54) is 38.8 Å². The van der Waals surface area contributed by atoms with Crippen LogP contribution in [0.1, 0.15) is 53.4 Å². The molecule has 1 heteroatoms. The normalized spacial score (nSPS) is 35.6. The molecule has 14 heavy (non-hydrogen) atoms. The number of nitrogens with one attached hydrogen (secondary N) is 1. The number of rotatable bonds is 4. The van der Waals surface area contributed by atoms with E-state index < -0.39 is 0 Å². The van der Waals surface area contributed by atoms with Gasteiger partial charge in [-0.05, 0) is 43.2 Å². The predicted octanol–water partition coefficient (Wildman–Crippen LogP) is 3.45. The molecule has 0 aliphatic carbocycles. The Kier molecular flexibility index (Phi) is 4.43. The van der Waals surface area contributed by atoms with Gasteiger partial charge in [0.05, 0.1) is 0 Å². The highest BCUT2D eigenvalue weighted by Crippen LogP contribution is 2.43. The molecule has 0 saturated carbocycles. The Bertz CT molecular complexity index is 167. The van der Waals surface area contributed by atoms with Gasteiger partial charge < -0.3 is 5.32 Å². The fourth-order valence-corrected chi connectivity index (χ4v) is 2.93. The second kappa shape index (κ2) is 5.16. The van der Waals surface area contributed by atoms with Crippen LogP contribution in [0.2, 0.25) is 0 Å². The molecule has 84 valence electrons. The van der Waals surface area contributed by atoms with Crippen LogP contribution < -0.4 is 5.32 Å². The molecular weight excluding hydrogens is 170 g/mol. The summed E-state index contributed by atoms with van der Waals surface area (Å²) in [5, 5.41) is 3.51. The fraction of sp³-hybridized carbons (Fsp3) is 1.00. The molecule has 0 radical (unpaired) electrons. The zero-order valence-electron chi connectivity index (χ0n) is 10.4. The molecule has 0 aromatic rings. The molecular formula is C13H27N. The van der Waals surface area contributed by atoms with Gasteiger partial charge in [0.15, 0.2) is 0 Å². The summed E-state index contributed by atoms with van der Waals surface area (Å²) in [6, 6.07) is 0. The zero-order valence-corrected chi connectivity index (χ0v) is 10.4. The van der Waals surface area contributed by atoms with Crippen LogP contribution in [0.4, 0.5) is 0 Å². The van der Waals surface area contributed by atoms with E-state index in [4.69, 9.17) is 0 Å². The van der Waals surface area contributed by atoms with Crippen LogP contribution in [0.3, 0.4) is 0 Å². The standard InChI is InChI=1S/C13H27N/c1-5-11(3)9-13(6-2)7-8-14-10-12(13)4/h11-12,14H,5-10H2,1-4H3. The smallest absolute Gasteiger partial charge is 0.00178 e. The topological polar surface area (TPSA) is 12.0 Å². The summed E-state index contributed by atoms with van der Waals surface area (Å²) in [6.45, 7) is 12.0. The van der Waals surface area contributed by atoms with E-state index in [2.05, 4.69) is 33.0 Å². The summed E-state index contributed by atoms with van der Waals surface area (Å²) in [6.07, 6.45) is 5.51. The fourth-order valence-electron chi connectivity index (χ4n) is 2.93. The maximum Gasteiger partial charge on any atom is -0.00178 e. The van der Waals surface area contributed by atoms with E-state index in [9.17, 15) is 0 Å². The van der Waals surface area contributed by atoms with Crippen molar-refractivity contribution in [2.75, 3.05) is 13.1 Å². The monoisotopic (exact) mass is 197 g/mol. The van der Waals surface area contributed by atoms with Crippen molar-refractivity contribution in [1.29, 1.82) is 0 Å². The molecule has 3 atom stereocenters. The van der Waals surface area contributed by atoms with Crippen molar-refractivity contribution in [1.82, 2.24) is 5.32 Å². The maximum absolute atomic E-state index is 3.51. The Hall–Kier alpha value is -0.0400. The maximum atomic E-state index is 3.51. The van der Waals surface area contributed by atoms with Crippen molar-refractivity contribution in [3.63, 3.8) is 0 Å². The van der Waals surface area contributed by atoms with Gasteiger partial charge in [0.1, 0.15) is 0 Å². The number of piperidine rings is 1. The lowest BCUT2D eigenvalue weighted by atomic mass is 9.65. The van der Waals surface area contributed by atoms with Gasteiger partial charge in [-0.15, -0.1) is 0 Å². The van der Waals surface area contributed by atoms with Gasteiger partial charge in [0.25, 0.3) is 0 Å². The molecule has 0 bridgehead atoms. The largest absolute Gasteiger partial charge is 0.316 e. The van der Waals surface area contributed by atoms with Crippen LogP contribution in [0.15, 0.2) is 0 Å². The molecule has 1 N–H and O–H groups in total. The van der Waals surface area contributed by atoms with Crippen molar-refractivity contribution in [3.05, 3.63) is 0 Å². The van der Waals surface area contributed by atoms with Crippen molar-refractivity contribution >= 4 is 0 Å². The first-order valence-corrected chi connectivity index (χ1v) is 6.35. The van der Waals surface area contributed by atoms with Gasteiger partial charge >= 0.3 is 0 Å². The summed E-state index contributed by atoms with van der Waals surface area (Å²) in [7, 11) is 0. The second-order valence-electron chi connectivity index (χ2n) is 5.29. The Labute approximate surface area is 89.7 Å². The van der Waals surface area contributed by atoms with Gasteiger partial charge in [0, 0.05) is 0 Å². The van der Waals surface area contributed by atoms with Crippen LogP contribution >= 0.6 is 0 Å². The van der Waals surface area contributed by atoms with Crippen LogP contribution in [-0.2, 0) is 0 Å². The molecule has 1 aliphatic rings. The highest BCUT2D eigenvalue weighted by atomic mass is 14.9. The van der Waals surface area contributed by atoms with Crippen LogP contribution in [0, 0.1) is 17.3 Å². The summed E-state index contributed by atoms with van der Waals surface area (Å²) in [4.78, 5) is 0. The SMILES string of the molecule is CCC(C)CC1(CC)CCNCC1C. The Morgan fingerprint density at radius 1 is 1.43 bits per heavy atom. The molecule has 0 aromatic heterocycles. The average molecular weight is 197 g/mol. The number of hydrogen-bond acceptors (Lipinski definition) is 1. The first kappa shape index (κ1) is 12.0. The quantitative estimate of drug-likeness (QED) is 0.728. The van der Waals surface area contributed by atoms with Gasteiger partial charge in [-0.25, -0.2) is 0 Å². The molecule has 1 saturated heterocycles. The van der Waals surface area contributed by atoms with Crippen LogP contribution in [0.25, 0.3) is 0 Å². The van der Waals surface area contributed by atoms with Gasteiger partial charge in [0.2, 0.25) is 0 Å². The average Bonchev–Trinajstić information content (AvgIpc) is 2.21. The van der Waals surface area contributed by atoms with E-state index in [1.54, 1.807) is 0 Å². The third-order valence-corrected chi connectivity index (χ3v) is 4.45. The van der Waals surface area contributed by atoms with E-state index in [-0.39, 0.29) is 0 Å². The molecule has 0 spiro atoms. The molecule has 0 aromatic carbocycles. The summed E-state index contributed by atoms with van der Waals surface area (Å²) < 4.78 is 0. The second-order valence-corrected chi connectivity index (χ2v) is 5.29. The molecule has 1 fully saturated rings. The van der Waals surface area contributed by atoms with Crippen molar-refractivity contribution in [2.24, 2.45) is 17.3 Å². The molecule has 0 amide bonds.